The highest BCUT2D eigenvalue weighted by atomic mass is 16.3. The van der Waals surface area contributed by atoms with Gasteiger partial charge >= 0.3 is 0 Å². The maximum atomic E-state index is 9.63. The predicted octanol–water partition coefficient (Wildman–Crippen LogP) is 12.9. The molecule has 0 saturated carbocycles. The Kier molecular flexibility index (Phi) is 5.63. The maximum Gasteiger partial charge on any atom is 0.161 e. The van der Waals surface area contributed by atoms with Crippen molar-refractivity contribution in [2.24, 2.45) is 9.98 Å². The number of benzene rings is 8. The van der Waals surface area contributed by atoms with E-state index in [2.05, 4.69) is 4.99 Å². The second kappa shape index (κ2) is 14.0. The normalized spacial score (nSPS) is 15.0. The number of furan rings is 1. The van der Waals surface area contributed by atoms with Gasteiger partial charge in [-0.1, -0.05) is 145 Å². The minimum atomic E-state index is -0.699. The van der Waals surface area contributed by atoms with Gasteiger partial charge in [-0.15, -0.1) is 0 Å². The SMILES string of the molecule is [2H]c1c([2H])c([2H])c(-n2c3c([2H])c([2H])c([2H])c([2H])c3c3c([2H])c([2H])c(-c4cccc(-c5ccc(C=NC(=NC(=N)c6ccc7c(c6)oc6ccccc67)c6ccccc6)cc5)c4)c([2H])c32)c([2H])c1[2H]. The average molecular weight is 731 g/mol. The van der Waals surface area contributed by atoms with E-state index in [9.17, 15) is 4.11 Å². The van der Waals surface area contributed by atoms with E-state index in [0.29, 0.717) is 33.7 Å². The Labute approximate surface area is 340 Å². The topological polar surface area (TPSA) is 66.6 Å². The zero-order valence-corrected chi connectivity index (χ0v) is 29.4. The first kappa shape index (κ1) is 22.6. The molecule has 10 rings (SSSR count). The van der Waals surface area contributed by atoms with Crippen LogP contribution in [0.1, 0.15) is 33.1 Å². The summed E-state index contributed by atoms with van der Waals surface area (Å²) in [6.07, 6.45) is 1.65. The molecule has 5 heteroatoms. The van der Waals surface area contributed by atoms with Crippen LogP contribution >= 0.6 is 0 Å². The van der Waals surface area contributed by atoms with Gasteiger partial charge in [-0.3, -0.25) is 5.41 Å². The Morgan fingerprint density at radius 1 is 0.554 bits per heavy atom. The number of para-hydroxylation sites is 3. The number of aliphatic imine (C=N–C) groups is 2. The Morgan fingerprint density at radius 2 is 1.29 bits per heavy atom. The lowest BCUT2D eigenvalue weighted by Crippen LogP contribution is -2.04. The molecule has 0 unspecified atom stereocenters. The molecule has 0 atom stereocenters. The van der Waals surface area contributed by atoms with Crippen molar-refractivity contribution in [2.75, 3.05) is 0 Å². The van der Waals surface area contributed by atoms with Crippen LogP contribution < -0.4 is 0 Å². The Hall–Kier alpha value is -7.63. The Balaban J connectivity index is 1.04. The summed E-state index contributed by atoms with van der Waals surface area (Å²) >= 11 is 0. The summed E-state index contributed by atoms with van der Waals surface area (Å²) in [4.78, 5) is 9.37. The van der Waals surface area contributed by atoms with Crippen LogP contribution in [0.3, 0.4) is 0 Å². The lowest BCUT2D eigenvalue weighted by Gasteiger charge is -2.10. The summed E-state index contributed by atoms with van der Waals surface area (Å²) in [5.74, 6) is 0.327. The van der Waals surface area contributed by atoms with Crippen LogP contribution in [-0.2, 0) is 0 Å². The van der Waals surface area contributed by atoms with Crippen LogP contribution in [0, 0.1) is 5.41 Å². The van der Waals surface area contributed by atoms with E-state index in [1.54, 1.807) is 30.5 Å². The quantitative estimate of drug-likeness (QED) is 0.134. The summed E-state index contributed by atoms with van der Waals surface area (Å²) in [6, 6.07) is 29.9. The van der Waals surface area contributed by atoms with E-state index in [4.69, 9.17) is 27.2 Å². The van der Waals surface area contributed by atoms with Gasteiger partial charge in [0.2, 0.25) is 0 Å². The van der Waals surface area contributed by atoms with Crippen LogP contribution in [-0.4, -0.2) is 22.5 Å². The predicted molar refractivity (Wildman–Crippen MR) is 233 cm³/mol. The van der Waals surface area contributed by atoms with Crippen molar-refractivity contribution < 1.29 is 20.9 Å². The van der Waals surface area contributed by atoms with E-state index < -0.39 is 72.2 Å². The first-order chi connectivity index (χ1) is 32.7. The fourth-order valence-corrected chi connectivity index (χ4v) is 6.78. The number of fused-ring (bicyclic) bond motifs is 6. The van der Waals surface area contributed by atoms with Gasteiger partial charge in [0.1, 0.15) is 11.2 Å². The fourth-order valence-electron chi connectivity index (χ4n) is 6.78. The van der Waals surface area contributed by atoms with E-state index >= 15 is 0 Å². The number of aromatic nitrogens is 1. The molecule has 2 aromatic heterocycles. The van der Waals surface area contributed by atoms with Crippen molar-refractivity contribution in [3.05, 3.63) is 211 Å². The third kappa shape index (κ3) is 6.07. The summed E-state index contributed by atoms with van der Waals surface area (Å²) in [6.45, 7) is 0. The van der Waals surface area contributed by atoms with E-state index in [0.717, 1.165) is 32.0 Å². The number of rotatable bonds is 6. The Morgan fingerprint density at radius 3 is 2.14 bits per heavy atom. The highest BCUT2D eigenvalue weighted by Gasteiger charge is 2.14. The maximum absolute atomic E-state index is 9.63. The van der Waals surface area contributed by atoms with Gasteiger partial charge in [-0.05, 0) is 76.3 Å². The van der Waals surface area contributed by atoms with Crippen molar-refractivity contribution in [2.45, 2.75) is 0 Å². The molecule has 0 fully saturated rings. The van der Waals surface area contributed by atoms with Crippen LogP contribution in [0.2, 0.25) is 0 Å². The van der Waals surface area contributed by atoms with Crippen molar-refractivity contribution in [1.29, 1.82) is 5.41 Å². The summed E-state index contributed by atoms with van der Waals surface area (Å²) < 4.78 is 113. The minimum absolute atomic E-state index is 0.00348. The lowest BCUT2D eigenvalue weighted by molar-refractivity contribution is 0.669. The molecule has 264 valence electrons. The van der Waals surface area contributed by atoms with Gasteiger partial charge in [0.05, 0.1) is 27.5 Å². The highest BCUT2D eigenvalue weighted by molar-refractivity contribution is 6.15. The molecule has 1 N–H and O–H groups in total. The molecular formula is C51H34N4O. The molecule has 0 bridgehead atoms. The molecule has 5 nitrogen and oxygen atoms in total. The van der Waals surface area contributed by atoms with Gasteiger partial charge in [0.15, 0.2) is 11.7 Å². The number of hydrogen-bond acceptors (Lipinski definition) is 2. The van der Waals surface area contributed by atoms with Crippen LogP contribution in [0.5, 0.6) is 0 Å². The molecule has 10 aromatic rings. The molecule has 0 spiro atoms. The largest absolute Gasteiger partial charge is 0.456 e. The summed E-state index contributed by atoms with van der Waals surface area (Å²) in [7, 11) is 0. The van der Waals surface area contributed by atoms with Gasteiger partial charge in [0.25, 0.3) is 0 Å². The van der Waals surface area contributed by atoms with Crippen molar-refractivity contribution >= 4 is 61.6 Å². The van der Waals surface area contributed by atoms with E-state index in [1.165, 1.54) is 0 Å². The van der Waals surface area contributed by atoms with Crippen molar-refractivity contribution in [3.8, 4) is 27.9 Å². The standard InChI is InChI=1S/C51H34N4O/c52-50(40-27-29-45-44-19-8-10-21-48(44)56-49(45)32-40)54-51(36-12-3-1-4-13-36)53-33-34-22-24-35(25-23-34)37-14-11-15-38(30-37)39-26-28-43-42-18-7-9-20-46(42)55(47(43)31-39)41-16-5-2-6-17-41/h1-33,52H/i2D,5D,6D,7D,9D,16D,17D,18D,20D,26D,28D,31D. The molecule has 8 aromatic carbocycles. The van der Waals surface area contributed by atoms with Crippen molar-refractivity contribution in [1.82, 2.24) is 4.57 Å². The molecule has 0 amide bonds. The number of amidine groups is 2. The van der Waals surface area contributed by atoms with Crippen LogP contribution in [0.15, 0.2) is 208 Å². The zero-order chi connectivity index (χ0) is 47.9. The number of nitrogens with one attached hydrogen (secondary N) is 1. The Bertz CT molecular complexity index is 3810. The molecular weight excluding hydrogens is 685 g/mol. The smallest absolute Gasteiger partial charge is 0.161 e. The first-order valence-corrected chi connectivity index (χ1v) is 17.7. The number of hydrogen-bond donors (Lipinski definition) is 1. The third-order valence-electron chi connectivity index (χ3n) is 9.50. The first-order valence-electron chi connectivity index (χ1n) is 23.7. The van der Waals surface area contributed by atoms with Crippen LogP contribution in [0.4, 0.5) is 0 Å². The van der Waals surface area contributed by atoms with E-state index in [1.807, 2.05) is 97.1 Å². The monoisotopic (exact) mass is 730 g/mol. The van der Waals surface area contributed by atoms with Gasteiger partial charge < -0.3 is 8.98 Å². The zero-order valence-electron chi connectivity index (χ0n) is 41.4. The summed E-state index contributed by atoms with van der Waals surface area (Å²) in [5.41, 5.74) is 4.20. The van der Waals surface area contributed by atoms with Crippen LogP contribution in [0.25, 0.3) is 71.7 Å². The average Bonchev–Trinajstić information content (AvgIpc) is 3.91. The second-order valence-electron chi connectivity index (χ2n) is 12.9. The molecule has 0 saturated heterocycles. The fraction of sp³-hybridized carbons (Fsp3) is 0. The molecule has 0 aliphatic carbocycles. The molecule has 0 radical (unpaired) electrons. The molecule has 0 aliphatic heterocycles. The van der Waals surface area contributed by atoms with Crippen molar-refractivity contribution in [3.63, 3.8) is 0 Å². The highest BCUT2D eigenvalue weighted by Crippen LogP contribution is 2.36. The van der Waals surface area contributed by atoms with Gasteiger partial charge in [0, 0.05) is 44.6 Å². The third-order valence-corrected chi connectivity index (χ3v) is 9.50. The molecule has 0 aliphatic rings. The lowest BCUT2D eigenvalue weighted by atomic mass is 9.98. The van der Waals surface area contributed by atoms with Gasteiger partial charge in [-0.25, -0.2) is 9.98 Å². The van der Waals surface area contributed by atoms with E-state index in [-0.39, 0.29) is 39.2 Å². The minimum Gasteiger partial charge on any atom is -0.456 e. The second-order valence-corrected chi connectivity index (χ2v) is 12.9. The number of nitrogens with zero attached hydrogens (tertiary/aromatic N) is 3. The molecule has 2 heterocycles. The molecule has 56 heavy (non-hydrogen) atoms. The van der Waals surface area contributed by atoms with Gasteiger partial charge in [-0.2, -0.15) is 0 Å². The summed E-state index contributed by atoms with van der Waals surface area (Å²) in [5, 5.41) is 10.5.